The zero-order valence-corrected chi connectivity index (χ0v) is 21.6. The van der Waals surface area contributed by atoms with Crippen LogP contribution in [0.2, 0.25) is 0 Å². The molecule has 2 heterocycles. The minimum absolute atomic E-state index is 0.00966. The van der Waals surface area contributed by atoms with Gasteiger partial charge in [0.25, 0.3) is 11.8 Å². The Morgan fingerprint density at radius 3 is 2.43 bits per heavy atom. The molecule has 1 aliphatic rings. The van der Waals surface area contributed by atoms with E-state index in [4.69, 9.17) is 9.84 Å². The Hall–Kier alpha value is -4.44. The van der Waals surface area contributed by atoms with E-state index >= 15 is 0 Å². The van der Waals surface area contributed by atoms with Crippen LogP contribution in [0.3, 0.4) is 0 Å². The van der Waals surface area contributed by atoms with Crippen molar-refractivity contribution in [3.63, 3.8) is 0 Å². The summed E-state index contributed by atoms with van der Waals surface area (Å²) < 4.78 is 7.61. The number of hydrogen-bond acceptors (Lipinski definition) is 5. The van der Waals surface area contributed by atoms with Crippen LogP contribution >= 0.6 is 0 Å². The number of carbonyl (C=O) groups is 2. The lowest BCUT2D eigenvalue weighted by Crippen LogP contribution is -2.43. The van der Waals surface area contributed by atoms with Crippen molar-refractivity contribution in [3.05, 3.63) is 82.6 Å². The molecule has 0 radical (unpaired) electrons. The van der Waals surface area contributed by atoms with E-state index in [2.05, 4.69) is 6.92 Å². The number of para-hydroxylation sites is 1. The van der Waals surface area contributed by atoms with Gasteiger partial charge in [-0.2, -0.15) is 10.4 Å². The molecule has 0 N–H and O–H groups in total. The fourth-order valence-electron chi connectivity index (χ4n) is 4.31. The third kappa shape index (κ3) is 5.10. The van der Waals surface area contributed by atoms with Gasteiger partial charge < -0.3 is 4.74 Å². The van der Waals surface area contributed by atoms with Gasteiger partial charge in [-0.05, 0) is 74.2 Å². The predicted octanol–water partition coefficient (Wildman–Crippen LogP) is 5.64. The van der Waals surface area contributed by atoms with Crippen molar-refractivity contribution in [1.29, 1.82) is 5.26 Å². The highest BCUT2D eigenvalue weighted by molar-refractivity contribution is 6.19. The Bertz CT molecular complexity index is 1440. The summed E-state index contributed by atoms with van der Waals surface area (Å²) in [6, 6.07) is 17.6. The SMILES string of the molecule is CCCOc1ccc(-c2nn(-c3ccccc3)cc2/C=C2/C(=O)N(CCC)C(=O)C(C#N)=C2C)cc1C. The van der Waals surface area contributed by atoms with E-state index in [0.717, 1.165) is 33.9 Å². The first-order chi connectivity index (χ1) is 17.9. The van der Waals surface area contributed by atoms with Gasteiger partial charge in [-0.3, -0.25) is 14.5 Å². The second kappa shape index (κ2) is 11.1. The van der Waals surface area contributed by atoms with E-state index in [-0.39, 0.29) is 12.1 Å². The summed E-state index contributed by atoms with van der Waals surface area (Å²) in [5, 5.41) is 14.5. The molecule has 0 atom stereocenters. The molecule has 1 aliphatic heterocycles. The van der Waals surface area contributed by atoms with Crippen LogP contribution in [0, 0.1) is 18.3 Å². The zero-order valence-electron chi connectivity index (χ0n) is 21.6. The molecule has 0 saturated heterocycles. The zero-order chi connectivity index (χ0) is 26.5. The molecule has 0 unspecified atom stereocenters. The first-order valence-electron chi connectivity index (χ1n) is 12.5. The summed E-state index contributed by atoms with van der Waals surface area (Å²) in [5.41, 5.74) is 4.79. The number of carbonyl (C=O) groups excluding carboxylic acids is 2. The van der Waals surface area contributed by atoms with Crippen LogP contribution in [0.5, 0.6) is 5.75 Å². The average molecular weight is 495 g/mol. The molecule has 2 amide bonds. The van der Waals surface area contributed by atoms with Crippen molar-refractivity contribution in [3.8, 4) is 28.8 Å². The molecule has 0 spiro atoms. The molecular formula is C30H30N4O3. The molecule has 0 aliphatic carbocycles. The standard InChI is InChI=1S/C30H30N4O3/c1-5-14-33-29(35)25(21(4)26(18-31)30(33)36)17-23-19-34(24-10-8-7-9-11-24)32-28(23)22-12-13-27(20(3)16-22)37-15-6-2/h7-13,16-17,19H,5-6,14-15H2,1-4H3/b25-17+. The largest absolute Gasteiger partial charge is 0.493 e. The number of aryl methyl sites for hydroxylation is 1. The molecule has 7 nitrogen and oxygen atoms in total. The van der Waals surface area contributed by atoms with Crippen LogP contribution < -0.4 is 4.74 Å². The summed E-state index contributed by atoms with van der Waals surface area (Å²) in [4.78, 5) is 27.3. The third-order valence-corrected chi connectivity index (χ3v) is 6.25. The summed E-state index contributed by atoms with van der Waals surface area (Å²) in [5.74, 6) is -0.120. The molecule has 0 fully saturated rings. The smallest absolute Gasteiger partial charge is 0.271 e. The highest BCUT2D eigenvalue weighted by Crippen LogP contribution is 2.33. The van der Waals surface area contributed by atoms with Gasteiger partial charge in [-0.25, -0.2) is 4.68 Å². The molecule has 2 aromatic carbocycles. The normalized spacial score (nSPS) is 14.9. The highest BCUT2D eigenvalue weighted by atomic mass is 16.5. The number of rotatable bonds is 8. The van der Waals surface area contributed by atoms with E-state index in [1.54, 1.807) is 17.7 Å². The summed E-state index contributed by atoms with van der Waals surface area (Å²) >= 11 is 0. The van der Waals surface area contributed by atoms with E-state index in [1.165, 1.54) is 0 Å². The topological polar surface area (TPSA) is 88.2 Å². The predicted molar refractivity (Wildman–Crippen MR) is 143 cm³/mol. The quantitative estimate of drug-likeness (QED) is 0.299. The molecule has 37 heavy (non-hydrogen) atoms. The first-order valence-corrected chi connectivity index (χ1v) is 12.5. The highest BCUT2D eigenvalue weighted by Gasteiger charge is 2.35. The third-order valence-electron chi connectivity index (χ3n) is 6.25. The Kier molecular flexibility index (Phi) is 7.69. The number of aromatic nitrogens is 2. The van der Waals surface area contributed by atoms with E-state index in [9.17, 15) is 14.9 Å². The molecule has 4 rings (SSSR count). The molecular weight excluding hydrogens is 464 g/mol. The van der Waals surface area contributed by atoms with Gasteiger partial charge in [0, 0.05) is 29.4 Å². The average Bonchev–Trinajstić information content (AvgIpc) is 3.33. The lowest BCUT2D eigenvalue weighted by atomic mass is 9.93. The van der Waals surface area contributed by atoms with Crippen LogP contribution in [-0.4, -0.2) is 39.6 Å². The van der Waals surface area contributed by atoms with Gasteiger partial charge in [-0.1, -0.05) is 32.0 Å². The number of amides is 2. The van der Waals surface area contributed by atoms with Crippen molar-refractivity contribution >= 4 is 17.9 Å². The van der Waals surface area contributed by atoms with Crippen LogP contribution in [0.15, 0.2) is 71.4 Å². The fourth-order valence-corrected chi connectivity index (χ4v) is 4.31. The number of ether oxygens (including phenoxy) is 1. The van der Waals surface area contributed by atoms with E-state index in [1.807, 2.05) is 74.6 Å². The van der Waals surface area contributed by atoms with Gasteiger partial charge in [0.05, 0.1) is 18.0 Å². The Balaban J connectivity index is 1.89. The Morgan fingerprint density at radius 2 is 1.78 bits per heavy atom. The Labute approximate surface area is 217 Å². The molecule has 7 heteroatoms. The van der Waals surface area contributed by atoms with Crippen molar-refractivity contribution in [2.24, 2.45) is 0 Å². The number of hydrogen-bond donors (Lipinski definition) is 0. The van der Waals surface area contributed by atoms with Crippen LogP contribution in [0.1, 0.15) is 44.7 Å². The van der Waals surface area contributed by atoms with E-state index < -0.39 is 11.8 Å². The maximum absolute atomic E-state index is 13.4. The van der Waals surface area contributed by atoms with Crippen molar-refractivity contribution in [2.75, 3.05) is 13.2 Å². The fraction of sp³-hybridized carbons (Fsp3) is 0.267. The van der Waals surface area contributed by atoms with Crippen molar-refractivity contribution in [1.82, 2.24) is 14.7 Å². The summed E-state index contributed by atoms with van der Waals surface area (Å²) in [7, 11) is 0. The molecule has 1 aromatic heterocycles. The van der Waals surface area contributed by atoms with Gasteiger partial charge >= 0.3 is 0 Å². The summed E-state index contributed by atoms with van der Waals surface area (Å²) in [6.07, 6.45) is 5.12. The van der Waals surface area contributed by atoms with Gasteiger partial charge in [0.2, 0.25) is 0 Å². The number of nitrogens with zero attached hydrogens (tertiary/aromatic N) is 4. The second-order valence-electron chi connectivity index (χ2n) is 8.97. The number of benzene rings is 2. The lowest BCUT2D eigenvalue weighted by Gasteiger charge is -2.27. The second-order valence-corrected chi connectivity index (χ2v) is 8.97. The Morgan fingerprint density at radius 1 is 1.03 bits per heavy atom. The molecule has 0 saturated carbocycles. The van der Waals surface area contributed by atoms with Gasteiger partial charge in [-0.15, -0.1) is 0 Å². The summed E-state index contributed by atoms with van der Waals surface area (Å²) in [6.45, 7) is 8.49. The number of nitriles is 1. The van der Waals surface area contributed by atoms with Crippen molar-refractivity contribution in [2.45, 2.75) is 40.5 Å². The maximum Gasteiger partial charge on any atom is 0.271 e. The van der Waals surface area contributed by atoms with Crippen LogP contribution in [0.4, 0.5) is 0 Å². The molecule has 0 bridgehead atoms. The minimum atomic E-state index is -0.539. The lowest BCUT2D eigenvalue weighted by molar-refractivity contribution is -0.140. The minimum Gasteiger partial charge on any atom is -0.493 e. The van der Waals surface area contributed by atoms with Crippen molar-refractivity contribution < 1.29 is 14.3 Å². The van der Waals surface area contributed by atoms with Crippen LogP contribution in [-0.2, 0) is 9.59 Å². The van der Waals surface area contributed by atoms with Crippen LogP contribution in [0.25, 0.3) is 23.0 Å². The van der Waals surface area contributed by atoms with E-state index in [0.29, 0.717) is 35.4 Å². The van der Waals surface area contributed by atoms with Gasteiger partial charge in [0.1, 0.15) is 17.4 Å². The number of imide groups is 1. The first kappa shape index (κ1) is 25.6. The van der Waals surface area contributed by atoms with Gasteiger partial charge in [0.15, 0.2) is 0 Å². The molecule has 188 valence electrons. The molecule has 3 aromatic rings. The maximum atomic E-state index is 13.4. The monoisotopic (exact) mass is 494 g/mol.